The minimum atomic E-state index is -0.454. The lowest BCUT2D eigenvalue weighted by atomic mass is 10.3. The zero-order chi connectivity index (χ0) is 16.7. The smallest absolute Gasteiger partial charge is 0.199 e. The first-order valence-electron chi connectivity index (χ1n) is 6.85. The minimum Gasteiger partial charge on any atom is -0.379 e. The van der Waals surface area contributed by atoms with Crippen LogP contribution in [-0.2, 0) is 6.54 Å². The van der Waals surface area contributed by atoms with Crippen LogP contribution in [0.25, 0.3) is 22.6 Å². The number of aromatic nitrogens is 6. The number of para-hydroxylation sites is 1. The Labute approximate surface area is 139 Å². The van der Waals surface area contributed by atoms with Gasteiger partial charge in [0.25, 0.3) is 0 Å². The summed E-state index contributed by atoms with van der Waals surface area (Å²) in [6, 6.07) is 8.00. The highest BCUT2D eigenvalue weighted by Gasteiger charge is 2.21. The predicted molar refractivity (Wildman–Crippen MR) is 83.5 cm³/mol. The third-order valence-electron chi connectivity index (χ3n) is 3.46. The number of imidazole rings is 1. The SMILES string of the molecule is Nc1nonc1-c1nc2c(F)cccc2n1Cc1ccc(Cl)nn1. The number of rotatable bonds is 3. The predicted octanol–water partition coefficient (Wildman–Crippen LogP) is 2.30. The van der Waals surface area contributed by atoms with Gasteiger partial charge < -0.3 is 10.3 Å². The van der Waals surface area contributed by atoms with E-state index in [4.69, 9.17) is 17.3 Å². The van der Waals surface area contributed by atoms with Crippen molar-refractivity contribution >= 4 is 28.5 Å². The van der Waals surface area contributed by atoms with Crippen molar-refractivity contribution in [2.24, 2.45) is 0 Å². The van der Waals surface area contributed by atoms with Crippen LogP contribution < -0.4 is 5.73 Å². The van der Waals surface area contributed by atoms with Gasteiger partial charge in [0.2, 0.25) is 0 Å². The number of benzene rings is 1. The lowest BCUT2D eigenvalue weighted by Crippen LogP contribution is -2.06. The van der Waals surface area contributed by atoms with Gasteiger partial charge in [0, 0.05) is 0 Å². The number of nitrogens with zero attached hydrogens (tertiary/aromatic N) is 6. The monoisotopic (exact) mass is 345 g/mol. The van der Waals surface area contributed by atoms with Crippen LogP contribution in [0.3, 0.4) is 0 Å². The van der Waals surface area contributed by atoms with Crippen molar-refractivity contribution < 1.29 is 9.02 Å². The first-order chi connectivity index (χ1) is 11.6. The standard InChI is InChI=1S/C14H9ClFN7O/c15-10-5-4-7(19-20-10)6-23-9-3-1-2-8(16)11(9)18-14(23)12-13(17)22-24-21-12/h1-5H,6H2,(H2,17,22). The number of fused-ring (bicyclic) bond motifs is 1. The van der Waals surface area contributed by atoms with E-state index in [2.05, 4.69) is 30.1 Å². The van der Waals surface area contributed by atoms with E-state index in [1.54, 1.807) is 28.8 Å². The van der Waals surface area contributed by atoms with Crippen molar-refractivity contribution in [3.05, 3.63) is 47.0 Å². The molecule has 0 amide bonds. The molecule has 0 spiro atoms. The van der Waals surface area contributed by atoms with Gasteiger partial charge in [-0.15, -0.1) is 5.10 Å². The van der Waals surface area contributed by atoms with Gasteiger partial charge in [-0.2, -0.15) is 5.10 Å². The summed E-state index contributed by atoms with van der Waals surface area (Å²) in [6.45, 7) is 0.270. The molecule has 0 unspecified atom stereocenters. The normalized spacial score (nSPS) is 11.2. The lowest BCUT2D eigenvalue weighted by molar-refractivity contribution is 0.310. The molecule has 0 aliphatic rings. The molecule has 10 heteroatoms. The number of hydrogen-bond acceptors (Lipinski definition) is 7. The highest BCUT2D eigenvalue weighted by Crippen LogP contribution is 2.28. The summed E-state index contributed by atoms with van der Waals surface area (Å²) >= 11 is 5.75. The van der Waals surface area contributed by atoms with Gasteiger partial charge in [0.15, 0.2) is 28.3 Å². The molecule has 0 saturated carbocycles. The lowest BCUT2D eigenvalue weighted by Gasteiger charge is -2.07. The Morgan fingerprint density at radius 3 is 2.75 bits per heavy atom. The maximum Gasteiger partial charge on any atom is 0.199 e. The van der Waals surface area contributed by atoms with E-state index in [1.807, 2.05) is 0 Å². The number of nitrogen functional groups attached to an aromatic ring is 1. The average molecular weight is 346 g/mol. The Kier molecular flexibility index (Phi) is 3.35. The fourth-order valence-electron chi connectivity index (χ4n) is 2.39. The van der Waals surface area contributed by atoms with Crippen LogP contribution in [0.4, 0.5) is 10.2 Å². The summed E-state index contributed by atoms with van der Waals surface area (Å²) in [4.78, 5) is 4.30. The molecular weight excluding hydrogens is 337 g/mol. The van der Waals surface area contributed by atoms with E-state index in [-0.39, 0.29) is 28.7 Å². The Morgan fingerprint density at radius 2 is 2.04 bits per heavy atom. The molecule has 3 aromatic heterocycles. The van der Waals surface area contributed by atoms with Gasteiger partial charge in [-0.25, -0.2) is 14.0 Å². The number of hydrogen-bond donors (Lipinski definition) is 1. The maximum atomic E-state index is 14.1. The molecular formula is C14H9ClFN7O. The Hall–Kier alpha value is -3.07. The van der Waals surface area contributed by atoms with Crippen molar-refractivity contribution in [3.63, 3.8) is 0 Å². The highest BCUT2D eigenvalue weighted by atomic mass is 35.5. The second-order valence-electron chi connectivity index (χ2n) is 4.97. The number of anilines is 1. The molecule has 0 aliphatic heterocycles. The first-order valence-corrected chi connectivity index (χ1v) is 7.22. The van der Waals surface area contributed by atoms with E-state index in [1.165, 1.54) is 6.07 Å². The molecule has 0 saturated heterocycles. The van der Waals surface area contributed by atoms with Gasteiger partial charge in [-0.1, -0.05) is 17.7 Å². The molecule has 120 valence electrons. The van der Waals surface area contributed by atoms with Gasteiger partial charge >= 0.3 is 0 Å². The van der Waals surface area contributed by atoms with Crippen LogP contribution >= 0.6 is 11.6 Å². The largest absolute Gasteiger partial charge is 0.379 e. The summed E-state index contributed by atoms with van der Waals surface area (Å²) in [5, 5.41) is 15.4. The van der Waals surface area contributed by atoms with Crippen LogP contribution in [0.15, 0.2) is 35.0 Å². The molecule has 2 N–H and O–H groups in total. The minimum absolute atomic E-state index is 0.0640. The van der Waals surface area contributed by atoms with E-state index in [9.17, 15) is 4.39 Å². The average Bonchev–Trinajstić information content (AvgIpc) is 3.14. The van der Waals surface area contributed by atoms with Crippen LogP contribution in [0, 0.1) is 5.82 Å². The van der Waals surface area contributed by atoms with Crippen LogP contribution in [0.5, 0.6) is 0 Å². The van der Waals surface area contributed by atoms with Gasteiger partial charge in [-0.3, -0.25) is 0 Å². The van der Waals surface area contributed by atoms with Gasteiger partial charge in [-0.05, 0) is 34.6 Å². The van der Waals surface area contributed by atoms with E-state index >= 15 is 0 Å². The van der Waals surface area contributed by atoms with Crippen molar-refractivity contribution in [1.29, 1.82) is 0 Å². The molecule has 0 radical (unpaired) electrons. The summed E-state index contributed by atoms with van der Waals surface area (Å²) < 4.78 is 20.4. The van der Waals surface area contributed by atoms with E-state index in [0.29, 0.717) is 17.0 Å². The molecule has 4 aromatic rings. The van der Waals surface area contributed by atoms with Crippen LogP contribution in [0.1, 0.15) is 5.69 Å². The fourth-order valence-corrected chi connectivity index (χ4v) is 2.49. The molecule has 0 fully saturated rings. The molecule has 24 heavy (non-hydrogen) atoms. The van der Waals surface area contributed by atoms with Crippen molar-refractivity contribution in [2.75, 3.05) is 5.73 Å². The summed E-state index contributed by atoms with van der Waals surface area (Å²) in [5.41, 5.74) is 7.35. The molecule has 1 aromatic carbocycles. The van der Waals surface area contributed by atoms with Crippen LogP contribution in [-0.4, -0.2) is 30.1 Å². The quantitative estimate of drug-likeness (QED) is 0.606. The topological polar surface area (TPSA) is 109 Å². The second kappa shape index (κ2) is 5.53. The van der Waals surface area contributed by atoms with Crippen LogP contribution in [0.2, 0.25) is 5.15 Å². The van der Waals surface area contributed by atoms with Gasteiger partial charge in [0.1, 0.15) is 5.52 Å². The third kappa shape index (κ3) is 2.35. The van der Waals surface area contributed by atoms with E-state index in [0.717, 1.165) is 0 Å². The molecule has 8 nitrogen and oxygen atoms in total. The van der Waals surface area contributed by atoms with Crippen molar-refractivity contribution in [2.45, 2.75) is 6.54 Å². The maximum absolute atomic E-state index is 14.1. The summed E-state index contributed by atoms with van der Waals surface area (Å²) in [5.74, 6) is -0.0653. The highest BCUT2D eigenvalue weighted by molar-refractivity contribution is 6.29. The number of nitrogens with two attached hydrogens (primary N) is 1. The number of halogens is 2. The zero-order valence-corrected chi connectivity index (χ0v) is 12.8. The third-order valence-corrected chi connectivity index (χ3v) is 3.66. The van der Waals surface area contributed by atoms with E-state index < -0.39 is 5.82 Å². The Morgan fingerprint density at radius 1 is 1.17 bits per heavy atom. The fraction of sp³-hybridized carbons (Fsp3) is 0.0714. The van der Waals surface area contributed by atoms with Crippen molar-refractivity contribution in [3.8, 4) is 11.5 Å². The first kappa shape index (κ1) is 14.5. The summed E-state index contributed by atoms with van der Waals surface area (Å²) in [7, 11) is 0. The molecule has 3 heterocycles. The van der Waals surface area contributed by atoms with Crippen molar-refractivity contribution in [1.82, 2.24) is 30.1 Å². The Balaban J connectivity index is 1.93. The zero-order valence-electron chi connectivity index (χ0n) is 12.0. The summed E-state index contributed by atoms with van der Waals surface area (Å²) in [6.07, 6.45) is 0. The molecule has 0 aliphatic carbocycles. The molecule has 0 atom stereocenters. The molecule has 0 bridgehead atoms. The second-order valence-corrected chi connectivity index (χ2v) is 5.36. The van der Waals surface area contributed by atoms with Gasteiger partial charge in [0.05, 0.1) is 17.8 Å². The Bertz CT molecular complexity index is 1030. The molecule has 4 rings (SSSR count).